The molecule has 2 nitrogen and oxygen atoms in total. The Morgan fingerprint density at radius 3 is 3.10 bits per heavy atom. The molecular formula is C6H5ClN2S. The molecule has 0 aliphatic carbocycles. The Morgan fingerprint density at radius 1 is 1.80 bits per heavy atom. The highest BCUT2D eigenvalue weighted by Gasteiger charge is 1.97. The fraction of sp³-hybridized carbons (Fsp3) is 0.333. The van der Waals surface area contributed by atoms with E-state index in [4.69, 9.17) is 16.9 Å². The number of halogens is 1. The van der Waals surface area contributed by atoms with Gasteiger partial charge in [0.05, 0.1) is 6.07 Å². The van der Waals surface area contributed by atoms with Crippen LogP contribution in [0.15, 0.2) is 6.20 Å². The molecule has 0 saturated carbocycles. The van der Waals surface area contributed by atoms with Crippen molar-refractivity contribution in [3.63, 3.8) is 0 Å². The number of hydrogen-bond acceptors (Lipinski definition) is 3. The fourth-order valence-electron chi connectivity index (χ4n) is 0.578. The molecule has 0 spiro atoms. The molecule has 0 radical (unpaired) electrons. The maximum absolute atomic E-state index is 8.24. The third-order valence-electron chi connectivity index (χ3n) is 1.01. The maximum atomic E-state index is 8.24. The van der Waals surface area contributed by atoms with Crippen LogP contribution in [0.1, 0.15) is 11.3 Å². The van der Waals surface area contributed by atoms with E-state index in [9.17, 15) is 0 Å². The summed E-state index contributed by atoms with van der Waals surface area (Å²) < 4.78 is 0.549. The van der Waals surface area contributed by atoms with Crippen LogP contribution in [0.25, 0.3) is 0 Å². The zero-order valence-electron chi connectivity index (χ0n) is 5.17. The zero-order valence-corrected chi connectivity index (χ0v) is 6.74. The highest BCUT2D eigenvalue weighted by Crippen LogP contribution is 2.18. The van der Waals surface area contributed by atoms with Gasteiger partial charge in [0, 0.05) is 17.5 Å². The molecule has 0 amide bonds. The summed E-state index contributed by atoms with van der Waals surface area (Å²) in [6, 6.07) is 2.06. The summed E-state index contributed by atoms with van der Waals surface area (Å²) in [6.07, 6.45) is 3.02. The van der Waals surface area contributed by atoms with Gasteiger partial charge in [-0.15, -0.1) is 11.3 Å². The molecule has 0 aliphatic rings. The van der Waals surface area contributed by atoms with E-state index in [2.05, 4.69) is 11.1 Å². The summed E-state index contributed by atoms with van der Waals surface area (Å²) in [6.45, 7) is 0. The number of hydrogen-bond donors (Lipinski definition) is 0. The molecule has 1 rings (SSSR count). The van der Waals surface area contributed by atoms with Gasteiger partial charge in [-0.05, 0) is 6.42 Å². The van der Waals surface area contributed by atoms with E-state index in [0.717, 1.165) is 11.3 Å². The van der Waals surface area contributed by atoms with Gasteiger partial charge in [-0.3, -0.25) is 0 Å². The lowest BCUT2D eigenvalue weighted by Gasteiger charge is -1.83. The van der Waals surface area contributed by atoms with E-state index in [-0.39, 0.29) is 0 Å². The number of nitrogens with zero attached hydrogens (tertiary/aromatic N) is 2. The SMILES string of the molecule is N#CCCc1cnc(Cl)s1. The number of rotatable bonds is 2. The Hall–Kier alpha value is -0.590. The molecule has 0 saturated heterocycles. The Labute approximate surface area is 68.1 Å². The predicted octanol–water partition coefficient (Wildman–Crippen LogP) is 2.25. The molecule has 1 heterocycles. The van der Waals surface area contributed by atoms with Crippen molar-refractivity contribution in [3.05, 3.63) is 15.5 Å². The summed E-state index contributed by atoms with van der Waals surface area (Å²) >= 11 is 6.99. The smallest absolute Gasteiger partial charge is 0.183 e. The second-order valence-electron chi connectivity index (χ2n) is 1.74. The molecule has 10 heavy (non-hydrogen) atoms. The Balaban J connectivity index is 2.52. The Kier molecular flexibility index (Phi) is 2.67. The normalized spacial score (nSPS) is 9.20. The predicted molar refractivity (Wildman–Crippen MR) is 41.1 cm³/mol. The van der Waals surface area contributed by atoms with Crippen LogP contribution in [0.5, 0.6) is 0 Å². The molecule has 0 fully saturated rings. The van der Waals surface area contributed by atoms with Crippen molar-refractivity contribution in [2.75, 3.05) is 0 Å². The first-order valence-electron chi connectivity index (χ1n) is 2.80. The summed E-state index contributed by atoms with van der Waals surface area (Å²) in [5.74, 6) is 0. The average molecular weight is 173 g/mol. The van der Waals surface area contributed by atoms with Crippen molar-refractivity contribution >= 4 is 22.9 Å². The topological polar surface area (TPSA) is 36.7 Å². The summed E-state index contributed by atoms with van der Waals surface area (Å²) in [5, 5.41) is 8.24. The second kappa shape index (κ2) is 3.55. The van der Waals surface area contributed by atoms with Gasteiger partial charge in [0.25, 0.3) is 0 Å². The molecule has 0 unspecified atom stereocenters. The highest BCUT2D eigenvalue weighted by atomic mass is 35.5. The average Bonchev–Trinajstić information content (AvgIpc) is 2.31. The molecule has 0 aliphatic heterocycles. The first-order valence-corrected chi connectivity index (χ1v) is 3.99. The van der Waals surface area contributed by atoms with Gasteiger partial charge in [-0.25, -0.2) is 4.98 Å². The van der Waals surface area contributed by atoms with E-state index in [0.29, 0.717) is 10.9 Å². The van der Waals surface area contributed by atoms with Crippen LogP contribution in [0.2, 0.25) is 4.47 Å². The molecule has 0 aromatic carbocycles. The van der Waals surface area contributed by atoms with E-state index in [1.165, 1.54) is 11.3 Å². The van der Waals surface area contributed by atoms with Crippen LogP contribution >= 0.6 is 22.9 Å². The molecular weight excluding hydrogens is 168 g/mol. The van der Waals surface area contributed by atoms with E-state index in [1.54, 1.807) is 6.20 Å². The zero-order chi connectivity index (χ0) is 7.40. The summed E-state index contributed by atoms with van der Waals surface area (Å²) in [4.78, 5) is 4.92. The third-order valence-corrected chi connectivity index (χ3v) is 2.18. The summed E-state index contributed by atoms with van der Waals surface area (Å²) in [5.41, 5.74) is 0. The fourth-order valence-corrected chi connectivity index (χ4v) is 1.56. The number of aromatic nitrogens is 1. The van der Waals surface area contributed by atoms with Crippen LogP contribution in [-0.2, 0) is 6.42 Å². The van der Waals surface area contributed by atoms with Gasteiger partial charge in [0.15, 0.2) is 4.47 Å². The number of thiazole rings is 1. The largest absolute Gasteiger partial charge is 0.233 e. The Morgan fingerprint density at radius 2 is 2.60 bits per heavy atom. The minimum absolute atomic E-state index is 0.540. The van der Waals surface area contributed by atoms with Gasteiger partial charge in [0.2, 0.25) is 0 Å². The van der Waals surface area contributed by atoms with Crippen molar-refractivity contribution in [1.29, 1.82) is 5.26 Å². The molecule has 0 atom stereocenters. The number of nitriles is 1. The second-order valence-corrected chi connectivity index (χ2v) is 3.43. The van der Waals surface area contributed by atoms with Gasteiger partial charge < -0.3 is 0 Å². The quantitative estimate of drug-likeness (QED) is 0.686. The van der Waals surface area contributed by atoms with Gasteiger partial charge in [-0.1, -0.05) is 11.6 Å². The van der Waals surface area contributed by atoms with Crippen molar-refractivity contribution < 1.29 is 0 Å². The minimum atomic E-state index is 0.540. The van der Waals surface area contributed by atoms with Gasteiger partial charge >= 0.3 is 0 Å². The highest BCUT2D eigenvalue weighted by molar-refractivity contribution is 7.15. The van der Waals surface area contributed by atoms with E-state index < -0.39 is 0 Å². The molecule has 4 heteroatoms. The van der Waals surface area contributed by atoms with Crippen molar-refractivity contribution in [3.8, 4) is 6.07 Å². The molecule has 1 aromatic heterocycles. The van der Waals surface area contributed by atoms with Crippen LogP contribution in [-0.4, -0.2) is 4.98 Å². The minimum Gasteiger partial charge on any atom is -0.233 e. The van der Waals surface area contributed by atoms with Gasteiger partial charge in [0.1, 0.15) is 0 Å². The summed E-state index contributed by atoms with van der Waals surface area (Å²) in [7, 11) is 0. The first-order chi connectivity index (χ1) is 4.83. The molecule has 0 bridgehead atoms. The lowest BCUT2D eigenvalue weighted by atomic mass is 10.3. The monoisotopic (exact) mass is 172 g/mol. The first kappa shape index (κ1) is 7.52. The van der Waals surface area contributed by atoms with Crippen LogP contribution < -0.4 is 0 Å². The molecule has 1 aromatic rings. The van der Waals surface area contributed by atoms with Crippen molar-refractivity contribution in [2.45, 2.75) is 12.8 Å². The van der Waals surface area contributed by atoms with E-state index >= 15 is 0 Å². The van der Waals surface area contributed by atoms with E-state index in [1.807, 2.05) is 0 Å². The van der Waals surface area contributed by atoms with Gasteiger partial charge in [-0.2, -0.15) is 5.26 Å². The third kappa shape index (κ3) is 1.98. The van der Waals surface area contributed by atoms with Crippen molar-refractivity contribution in [2.24, 2.45) is 0 Å². The van der Waals surface area contributed by atoms with Crippen LogP contribution in [0.3, 0.4) is 0 Å². The van der Waals surface area contributed by atoms with Crippen LogP contribution in [0.4, 0.5) is 0 Å². The molecule has 0 N–H and O–H groups in total. The molecule has 52 valence electrons. The lowest BCUT2D eigenvalue weighted by molar-refractivity contribution is 1.03. The van der Waals surface area contributed by atoms with Crippen LogP contribution in [0, 0.1) is 11.3 Å². The lowest BCUT2D eigenvalue weighted by Crippen LogP contribution is -1.74. The standard InChI is InChI=1S/C6H5ClN2S/c7-6-9-4-5(10-6)2-1-3-8/h4H,1-2H2. The Bertz CT molecular complexity index is 250. The van der Waals surface area contributed by atoms with Crippen molar-refractivity contribution in [1.82, 2.24) is 4.98 Å². The number of aryl methyl sites for hydroxylation is 1. The maximum Gasteiger partial charge on any atom is 0.183 e.